The summed E-state index contributed by atoms with van der Waals surface area (Å²) in [5.41, 5.74) is 1.97. The Balaban J connectivity index is 1.57. The Morgan fingerprint density at radius 1 is 1.36 bits per heavy atom. The SMILES string of the molecule is CCN(C[C@@H]1CC(c2ccc(OC)cc2)=NO1)C(=O)C1CC1. The van der Waals surface area contributed by atoms with Crippen LogP contribution in [-0.2, 0) is 9.63 Å². The molecule has 0 bridgehead atoms. The highest BCUT2D eigenvalue weighted by Gasteiger charge is 2.34. The van der Waals surface area contributed by atoms with E-state index < -0.39 is 0 Å². The molecule has 1 heterocycles. The Hall–Kier alpha value is -2.04. The number of ether oxygens (including phenoxy) is 1. The normalized spacial score (nSPS) is 20.3. The van der Waals surface area contributed by atoms with Gasteiger partial charge in [-0.25, -0.2) is 0 Å². The molecule has 5 nitrogen and oxygen atoms in total. The molecule has 0 spiro atoms. The molecule has 1 aromatic carbocycles. The second-order valence-electron chi connectivity index (χ2n) is 5.85. The number of oxime groups is 1. The van der Waals surface area contributed by atoms with Gasteiger partial charge in [0.1, 0.15) is 5.75 Å². The summed E-state index contributed by atoms with van der Waals surface area (Å²) in [5.74, 6) is 1.35. The molecule has 0 N–H and O–H groups in total. The molecule has 1 fully saturated rings. The lowest BCUT2D eigenvalue weighted by Gasteiger charge is -2.23. The van der Waals surface area contributed by atoms with Crippen LogP contribution in [0.5, 0.6) is 5.75 Å². The fraction of sp³-hybridized carbons (Fsp3) is 0.529. The summed E-state index contributed by atoms with van der Waals surface area (Å²) in [6.07, 6.45) is 2.77. The predicted molar refractivity (Wildman–Crippen MR) is 84.0 cm³/mol. The summed E-state index contributed by atoms with van der Waals surface area (Å²) in [6, 6.07) is 7.80. The molecule has 1 atom stereocenters. The molecular formula is C17H22N2O3. The Labute approximate surface area is 130 Å². The summed E-state index contributed by atoms with van der Waals surface area (Å²) in [7, 11) is 1.65. The Morgan fingerprint density at radius 3 is 2.68 bits per heavy atom. The van der Waals surface area contributed by atoms with Crippen LogP contribution in [0.15, 0.2) is 29.4 Å². The minimum Gasteiger partial charge on any atom is -0.497 e. The lowest BCUT2D eigenvalue weighted by Crippen LogP contribution is -2.38. The lowest BCUT2D eigenvalue weighted by atomic mass is 10.0. The number of amides is 1. The fourth-order valence-corrected chi connectivity index (χ4v) is 2.69. The largest absolute Gasteiger partial charge is 0.497 e. The maximum atomic E-state index is 12.2. The maximum absolute atomic E-state index is 12.2. The highest BCUT2D eigenvalue weighted by Crippen LogP contribution is 2.31. The molecule has 22 heavy (non-hydrogen) atoms. The maximum Gasteiger partial charge on any atom is 0.225 e. The number of hydrogen-bond donors (Lipinski definition) is 0. The van der Waals surface area contributed by atoms with Crippen LogP contribution in [0.25, 0.3) is 0 Å². The molecule has 1 aromatic rings. The monoisotopic (exact) mass is 302 g/mol. The van der Waals surface area contributed by atoms with Gasteiger partial charge >= 0.3 is 0 Å². The van der Waals surface area contributed by atoms with Crippen molar-refractivity contribution in [3.63, 3.8) is 0 Å². The molecule has 0 unspecified atom stereocenters. The van der Waals surface area contributed by atoms with Crippen molar-refractivity contribution in [3.8, 4) is 5.75 Å². The molecular weight excluding hydrogens is 280 g/mol. The van der Waals surface area contributed by atoms with E-state index in [9.17, 15) is 4.79 Å². The lowest BCUT2D eigenvalue weighted by molar-refractivity contribution is -0.134. The van der Waals surface area contributed by atoms with Crippen LogP contribution in [0, 0.1) is 5.92 Å². The van der Waals surface area contributed by atoms with Gasteiger partial charge in [-0.1, -0.05) is 5.16 Å². The zero-order valence-corrected chi connectivity index (χ0v) is 13.1. The number of likely N-dealkylation sites (N-methyl/N-ethyl adjacent to an activating group) is 1. The van der Waals surface area contributed by atoms with E-state index in [2.05, 4.69) is 5.16 Å². The van der Waals surface area contributed by atoms with E-state index in [0.29, 0.717) is 6.54 Å². The summed E-state index contributed by atoms with van der Waals surface area (Å²) in [5, 5.41) is 4.19. The second-order valence-corrected chi connectivity index (χ2v) is 5.85. The molecule has 2 aliphatic rings. The second kappa shape index (κ2) is 6.38. The van der Waals surface area contributed by atoms with Crippen molar-refractivity contribution in [2.45, 2.75) is 32.3 Å². The third-order valence-corrected chi connectivity index (χ3v) is 4.20. The smallest absolute Gasteiger partial charge is 0.225 e. The number of carbonyl (C=O) groups excluding carboxylic acids is 1. The molecule has 0 saturated heterocycles. The Morgan fingerprint density at radius 2 is 2.09 bits per heavy atom. The van der Waals surface area contributed by atoms with E-state index in [1.54, 1.807) is 7.11 Å². The minimum absolute atomic E-state index is 0.0419. The topological polar surface area (TPSA) is 51.1 Å². The number of methoxy groups -OCH3 is 1. The molecule has 118 valence electrons. The molecule has 5 heteroatoms. The number of carbonyl (C=O) groups is 1. The average Bonchev–Trinajstić information content (AvgIpc) is 3.31. The van der Waals surface area contributed by atoms with Gasteiger partial charge in [-0.3, -0.25) is 4.79 Å². The van der Waals surface area contributed by atoms with Crippen molar-refractivity contribution in [1.82, 2.24) is 4.90 Å². The standard InChI is InChI=1S/C17H22N2O3/c1-3-19(17(20)13-4-5-13)11-15-10-16(18-22-15)12-6-8-14(21-2)9-7-12/h6-9,13,15H,3-5,10-11H2,1-2H3/t15-/m0/s1. The highest BCUT2D eigenvalue weighted by molar-refractivity contribution is 6.01. The first kappa shape index (κ1) is 14.9. The zero-order chi connectivity index (χ0) is 15.5. The van der Waals surface area contributed by atoms with Gasteiger partial charge in [0.25, 0.3) is 0 Å². The molecule has 3 rings (SSSR count). The first-order valence-electron chi connectivity index (χ1n) is 7.87. The summed E-state index contributed by atoms with van der Waals surface area (Å²) in [4.78, 5) is 19.6. The van der Waals surface area contributed by atoms with Gasteiger partial charge in [0, 0.05) is 18.9 Å². The van der Waals surface area contributed by atoms with Crippen molar-refractivity contribution in [3.05, 3.63) is 29.8 Å². The van der Waals surface area contributed by atoms with Crippen molar-refractivity contribution in [1.29, 1.82) is 0 Å². The van der Waals surface area contributed by atoms with Gasteiger partial charge in [0.15, 0.2) is 6.10 Å². The predicted octanol–water partition coefficient (Wildman–Crippen LogP) is 2.45. The van der Waals surface area contributed by atoms with Crippen molar-refractivity contribution in [2.75, 3.05) is 20.2 Å². The van der Waals surface area contributed by atoms with Crippen LogP contribution in [0.4, 0.5) is 0 Å². The van der Waals surface area contributed by atoms with E-state index in [-0.39, 0.29) is 17.9 Å². The summed E-state index contributed by atoms with van der Waals surface area (Å²) < 4.78 is 5.16. The van der Waals surface area contributed by atoms with Gasteiger partial charge in [0.2, 0.25) is 5.91 Å². The third kappa shape index (κ3) is 3.24. The molecule has 0 radical (unpaired) electrons. The van der Waals surface area contributed by atoms with Crippen molar-refractivity contribution in [2.24, 2.45) is 11.1 Å². The van der Waals surface area contributed by atoms with Gasteiger partial charge in [-0.15, -0.1) is 0 Å². The van der Waals surface area contributed by atoms with Crippen LogP contribution >= 0.6 is 0 Å². The minimum atomic E-state index is -0.0419. The van der Waals surface area contributed by atoms with E-state index >= 15 is 0 Å². The van der Waals surface area contributed by atoms with Crippen LogP contribution in [0.2, 0.25) is 0 Å². The average molecular weight is 302 g/mol. The van der Waals surface area contributed by atoms with Crippen molar-refractivity contribution >= 4 is 11.6 Å². The number of nitrogens with zero attached hydrogens (tertiary/aromatic N) is 2. The Kier molecular flexibility index (Phi) is 4.32. The Bertz CT molecular complexity index is 564. The van der Waals surface area contributed by atoms with Gasteiger partial charge < -0.3 is 14.5 Å². The van der Waals surface area contributed by atoms with Gasteiger partial charge in [-0.05, 0) is 49.6 Å². The van der Waals surface area contributed by atoms with E-state index in [4.69, 9.17) is 9.57 Å². The number of rotatable bonds is 6. The van der Waals surface area contributed by atoms with E-state index in [0.717, 1.165) is 42.8 Å². The van der Waals surface area contributed by atoms with Crippen molar-refractivity contribution < 1.29 is 14.4 Å². The quantitative estimate of drug-likeness (QED) is 0.811. The van der Waals surface area contributed by atoms with Gasteiger partial charge in [-0.2, -0.15) is 0 Å². The van der Waals surface area contributed by atoms with Crippen LogP contribution in [0.1, 0.15) is 31.7 Å². The number of benzene rings is 1. The summed E-state index contributed by atoms with van der Waals surface area (Å²) >= 11 is 0. The third-order valence-electron chi connectivity index (χ3n) is 4.20. The molecule has 1 aliphatic heterocycles. The first-order valence-corrected chi connectivity index (χ1v) is 7.87. The molecule has 1 saturated carbocycles. The van der Waals surface area contributed by atoms with E-state index in [1.165, 1.54) is 0 Å². The molecule has 0 aromatic heterocycles. The zero-order valence-electron chi connectivity index (χ0n) is 13.1. The molecule has 1 aliphatic carbocycles. The fourth-order valence-electron chi connectivity index (χ4n) is 2.69. The first-order chi connectivity index (χ1) is 10.7. The number of hydrogen-bond acceptors (Lipinski definition) is 4. The van der Waals surface area contributed by atoms with Gasteiger partial charge in [0.05, 0.1) is 19.4 Å². The van der Waals surface area contributed by atoms with Crippen LogP contribution in [-0.4, -0.2) is 42.8 Å². The molecule has 1 amide bonds. The highest BCUT2D eigenvalue weighted by atomic mass is 16.6. The summed E-state index contributed by atoms with van der Waals surface area (Å²) in [6.45, 7) is 3.36. The van der Waals surface area contributed by atoms with Crippen LogP contribution < -0.4 is 4.74 Å². The van der Waals surface area contributed by atoms with E-state index in [1.807, 2.05) is 36.1 Å². The van der Waals surface area contributed by atoms with Crippen LogP contribution in [0.3, 0.4) is 0 Å².